The highest BCUT2D eigenvalue weighted by Gasteiger charge is 2.26. The largest absolute Gasteiger partial charge is 0.493 e. The number of carboxylic acids is 2. The summed E-state index contributed by atoms with van der Waals surface area (Å²) in [4.78, 5) is 42.3. The quantitative estimate of drug-likeness (QED) is 0.323. The fraction of sp³-hybridized carbons (Fsp3) is 0.409. The van der Waals surface area contributed by atoms with Crippen LogP contribution in [-0.2, 0) is 16.0 Å². The Morgan fingerprint density at radius 2 is 1.91 bits per heavy atom. The molecule has 1 aromatic carbocycles. The summed E-state index contributed by atoms with van der Waals surface area (Å²) in [6, 6.07) is 5.60. The third kappa shape index (κ3) is 6.09. The highest BCUT2D eigenvalue weighted by molar-refractivity contribution is 5.96. The van der Waals surface area contributed by atoms with Crippen LogP contribution in [0, 0.1) is 5.92 Å². The van der Waals surface area contributed by atoms with Crippen molar-refractivity contribution < 1.29 is 29.7 Å². The minimum absolute atomic E-state index is 0.0197. The molecule has 0 fully saturated rings. The average Bonchev–Trinajstić information content (AvgIpc) is 2.76. The van der Waals surface area contributed by atoms with Gasteiger partial charge in [0, 0.05) is 18.5 Å². The first kappa shape index (κ1) is 23.8. The summed E-state index contributed by atoms with van der Waals surface area (Å²) >= 11 is 0. The van der Waals surface area contributed by atoms with Crippen LogP contribution < -0.4 is 16.4 Å². The highest BCUT2D eigenvalue weighted by Crippen LogP contribution is 2.34. The number of nitrogens with zero attached hydrogens (tertiary/aromatic N) is 2. The number of carbonyl (C=O) groups is 3. The van der Waals surface area contributed by atoms with E-state index in [1.54, 1.807) is 12.1 Å². The molecule has 0 spiro atoms. The molecule has 33 heavy (non-hydrogen) atoms. The van der Waals surface area contributed by atoms with Crippen molar-refractivity contribution in [2.75, 3.05) is 17.6 Å². The zero-order chi connectivity index (χ0) is 24.1. The van der Waals surface area contributed by atoms with Gasteiger partial charge in [-0.3, -0.25) is 9.59 Å². The second-order valence-electron chi connectivity index (χ2n) is 8.24. The fourth-order valence-electron chi connectivity index (χ4n) is 3.96. The van der Waals surface area contributed by atoms with Gasteiger partial charge in [-0.1, -0.05) is 19.1 Å². The Morgan fingerprint density at radius 3 is 2.55 bits per heavy atom. The SMILES string of the molecule is CC(CC1CNc2nc(N)nc(O)c2C1)c1ccc(C(=O)N[C@@H](CCC(=O)O)C(=O)O)cc1. The molecule has 176 valence electrons. The molecule has 2 aromatic rings. The number of fused-ring (bicyclic) bond motifs is 1. The van der Waals surface area contributed by atoms with E-state index in [1.807, 2.05) is 12.1 Å². The van der Waals surface area contributed by atoms with Crippen LogP contribution in [0.3, 0.4) is 0 Å². The fourth-order valence-corrected chi connectivity index (χ4v) is 3.96. The van der Waals surface area contributed by atoms with Gasteiger partial charge >= 0.3 is 11.9 Å². The van der Waals surface area contributed by atoms with E-state index in [4.69, 9.17) is 10.8 Å². The molecule has 11 nitrogen and oxygen atoms in total. The molecule has 0 saturated carbocycles. The molecule has 3 atom stereocenters. The number of amides is 1. The molecule has 1 aliphatic rings. The maximum atomic E-state index is 12.4. The minimum Gasteiger partial charge on any atom is -0.493 e. The monoisotopic (exact) mass is 457 g/mol. The lowest BCUT2D eigenvalue weighted by Gasteiger charge is -2.27. The van der Waals surface area contributed by atoms with Gasteiger partial charge in [0.25, 0.3) is 5.91 Å². The van der Waals surface area contributed by atoms with Crippen molar-refractivity contribution in [1.82, 2.24) is 15.3 Å². The van der Waals surface area contributed by atoms with Crippen LogP contribution in [0.1, 0.15) is 53.6 Å². The van der Waals surface area contributed by atoms with Crippen LogP contribution in [-0.4, -0.2) is 55.7 Å². The number of rotatable bonds is 9. The number of nitrogens with two attached hydrogens (primary N) is 1. The number of nitrogens with one attached hydrogen (secondary N) is 2. The predicted octanol–water partition coefficient (Wildman–Crippen LogP) is 1.59. The Morgan fingerprint density at radius 1 is 1.21 bits per heavy atom. The molecule has 11 heteroatoms. The van der Waals surface area contributed by atoms with Crippen molar-refractivity contribution in [2.45, 2.75) is 44.6 Å². The van der Waals surface area contributed by atoms with Crippen LogP contribution >= 0.6 is 0 Å². The zero-order valence-electron chi connectivity index (χ0n) is 18.1. The Bertz CT molecular complexity index is 1040. The smallest absolute Gasteiger partial charge is 0.326 e. The molecule has 2 unspecified atom stereocenters. The van der Waals surface area contributed by atoms with Crippen molar-refractivity contribution in [3.63, 3.8) is 0 Å². The Labute approximate surface area is 190 Å². The number of hydrogen-bond acceptors (Lipinski definition) is 8. The second kappa shape index (κ2) is 10.2. The molecular weight excluding hydrogens is 430 g/mol. The summed E-state index contributed by atoms with van der Waals surface area (Å²) in [5.74, 6) is -2.12. The zero-order valence-corrected chi connectivity index (χ0v) is 18.1. The van der Waals surface area contributed by atoms with Gasteiger partial charge in [0.1, 0.15) is 11.9 Å². The normalized spacial score (nSPS) is 16.7. The summed E-state index contributed by atoms with van der Waals surface area (Å²) in [7, 11) is 0. The van der Waals surface area contributed by atoms with Gasteiger partial charge in [-0.05, 0) is 48.8 Å². The first-order chi connectivity index (χ1) is 15.6. The summed E-state index contributed by atoms with van der Waals surface area (Å²) in [6.45, 7) is 2.75. The number of nitrogen functional groups attached to an aromatic ring is 1. The molecular formula is C22H27N5O6. The van der Waals surface area contributed by atoms with E-state index in [1.165, 1.54) is 0 Å². The van der Waals surface area contributed by atoms with Crippen LogP contribution in [0.5, 0.6) is 5.88 Å². The number of aromatic hydroxyl groups is 1. The second-order valence-corrected chi connectivity index (χ2v) is 8.24. The summed E-state index contributed by atoms with van der Waals surface area (Å²) in [6.07, 6.45) is 0.882. The minimum atomic E-state index is -1.28. The van der Waals surface area contributed by atoms with E-state index in [0.29, 0.717) is 29.9 Å². The first-order valence-corrected chi connectivity index (χ1v) is 10.6. The van der Waals surface area contributed by atoms with E-state index in [0.717, 1.165) is 12.0 Å². The summed E-state index contributed by atoms with van der Waals surface area (Å²) < 4.78 is 0. The predicted molar refractivity (Wildman–Crippen MR) is 119 cm³/mol. The number of aromatic nitrogens is 2. The Hall–Kier alpha value is -3.89. The average molecular weight is 457 g/mol. The molecule has 0 radical (unpaired) electrons. The molecule has 0 bridgehead atoms. The van der Waals surface area contributed by atoms with Gasteiger partial charge in [-0.15, -0.1) is 0 Å². The Balaban J connectivity index is 1.59. The first-order valence-electron chi connectivity index (χ1n) is 10.6. The van der Waals surface area contributed by atoms with Crippen molar-refractivity contribution in [3.05, 3.63) is 41.0 Å². The molecule has 1 aliphatic heterocycles. The van der Waals surface area contributed by atoms with E-state index >= 15 is 0 Å². The molecule has 1 amide bonds. The van der Waals surface area contributed by atoms with Crippen LogP contribution in [0.2, 0.25) is 0 Å². The van der Waals surface area contributed by atoms with Crippen LogP contribution in [0.4, 0.5) is 11.8 Å². The van der Waals surface area contributed by atoms with Crippen LogP contribution in [0.15, 0.2) is 24.3 Å². The lowest BCUT2D eigenvalue weighted by molar-refractivity contribution is -0.140. The van der Waals surface area contributed by atoms with Gasteiger partial charge in [-0.25, -0.2) is 4.79 Å². The molecule has 3 rings (SSSR count). The standard InChI is InChI=1S/C22H27N5O6/c1-11(8-12-9-15-18(24-10-12)26-22(23)27-20(15)31)13-2-4-14(5-3-13)19(30)25-16(21(32)33)6-7-17(28)29/h2-5,11-12,16H,6-10H2,1H3,(H,25,30)(H,28,29)(H,32,33)(H4,23,24,26,27,31)/t11?,12?,16-/m0/s1. The van der Waals surface area contributed by atoms with Gasteiger partial charge in [0.15, 0.2) is 0 Å². The van der Waals surface area contributed by atoms with E-state index in [-0.39, 0.29) is 36.5 Å². The van der Waals surface area contributed by atoms with E-state index in [9.17, 15) is 24.6 Å². The Kier molecular flexibility index (Phi) is 7.31. The van der Waals surface area contributed by atoms with Crippen LogP contribution in [0.25, 0.3) is 0 Å². The van der Waals surface area contributed by atoms with Gasteiger partial charge in [-0.2, -0.15) is 9.97 Å². The van der Waals surface area contributed by atoms with Gasteiger partial charge in [0.05, 0.1) is 5.56 Å². The van der Waals surface area contributed by atoms with Crippen molar-refractivity contribution >= 4 is 29.6 Å². The maximum Gasteiger partial charge on any atom is 0.326 e. The van der Waals surface area contributed by atoms with E-state index < -0.39 is 23.9 Å². The van der Waals surface area contributed by atoms with Crippen molar-refractivity contribution in [1.29, 1.82) is 0 Å². The number of carbonyl (C=O) groups excluding carboxylic acids is 1. The number of anilines is 2. The number of hydrogen-bond donors (Lipinski definition) is 6. The van der Waals surface area contributed by atoms with Crippen molar-refractivity contribution in [3.8, 4) is 5.88 Å². The topological polar surface area (TPSA) is 188 Å². The maximum absolute atomic E-state index is 12.4. The summed E-state index contributed by atoms with van der Waals surface area (Å²) in [5.41, 5.74) is 7.52. The van der Waals surface area contributed by atoms with E-state index in [2.05, 4.69) is 27.5 Å². The third-order valence-electron chi connectivity index (χ3n) is 5.73. The summed E-state index contributed by atoms with van der Waals surface area (Å²) in [5, 5.41) is 33.6. The number of benzene rings is 1. The number of carboxylic acid groups (broad SMARTS) is 2. The lowest BCUT2D eigenvalue weighted by Crippen LogP contribution is -2.41. The number of aliphatic carboxylic acids is 2. The highest BCUT2D eigenvalue weighted by atomic mass is 16.4. The molecule has 7 N–H and O–H groups in total. The van der Waals surface area contributed by atoms with Crippen molar-refractivity contribution in [2.24, 2.45) is 5.92 Å². The van der Waals surface area contributed by atoms with Gasteiger partial charge < -0.3 is 31.7 Å². The molecule has 1 aromatic heterocycles. The molecule has 0 saturated heterocycles. The molecule has 2 heterocycles. The lowest BCUT2D eigenvalue weighted by atomic mass is 9.85. The molecule has 0 aliphatic carbocycles. The third-order valence-corrected chi connectivity index (χ3v) is 5.73. The van der Waals surface area contributed by atoms with Gasteiger partial charge in [0.2, 0.25) is 11.8 Å².